The van der Waals surface area contributed by atoms with Gasteiger partial charge in [-0.25, -0.2) is 4.79 Å². The van der Waals surface area contributed by atoms with Gasteiger partial charge in [0.2, 0.25) is 65.0 Å². The lowest BCUT2D eigenvalue weighted by Crippen LogP contribution is -2.63. The van der Waals surface area contributed by atoms with E-state index in [-0.39, 0.29) is 56.5 Å². The zero-order valence-electron chi connectivity index (χ0n) is 57.5. The molecule has 1 saturated heterocycles. The van der Waals surface area contributed by atoms with E-state index in [9.17, 15) is 53.1 Å². The van der Waals surface area contributed by atoms with Crippen LogP contribution in [0.25, 0.3) is 0 Å². The van der Waals surface area contributed by atoms with Gasteiger partial charge < -0.3 is 70.5 Å². The highest BCUT2D eigenvalue weighted by Crippen LogP contribution is 2.26. The number of likely N-dealkylation sites (N-methyl/N-ethyl adjacent to an activating group) is 7. The van der Waals surface area contributed by atoms with Gasteiger partial charge in [0, 0.05) is 49.3 Å². The second kappa shape index (κ2) is 36.8. The summed E-state index contributed by atoms with van der Waals surface area (Å²) in [6, 6.07) is -12.8. The number of aliphatic carboxylic acids is 1. The highest BCUT2D eigenvalue weighted by atomic mass is 16.5. The summed E-state index contributed by atoms with van der Waals surface area (Å²) in [5.74, 6) is -12.1. The highest BCUT2D eigenvalue weighted by molar-refractivity contribution is 5.99. The largest absolute Gasteiger partial charge is 0.480 e. The maximum Gasteiger partial charge on any atom is 0.329 e. The monoisotopic (exact) mass is 1260 g/mol. The molecule has 0 aromatic carbocycles. The van der Waals surface area contributed by atoms with E-state index in [2.05, 4.69) is 21.3 Å². The fraction of sp³-hybridized carbons (Fsp3) is 0.778. The van der Waals surface area contributed by atoms with Crippen LogP contribution < -0.4 is 21.3 Å². The zero-order chi connectivity index (χ0) is 69.0. The third-order valence-corrected chi connectivity index (χ3v) is 16.3. The maximum absolute atomic E-state index is 15.2. The van der Waals surface area contributed by atoms with Gasteiger partial charge in [0.25, 0.3) is 0 Å². The predicted octanol–water partition coefficient (Wildman–Crippen LogP) is 1.96. The minimum Gasteiger partial charge on any atom is -0.480 e. The van der Waals surface area contributed by atoms with Gasteiger partial charge in [0.15, 0.2) is 0 Å². The molecule has 1 fully saturated rings. The van der Waals surface area contributed by atoms with E-state index in [1.165, 1.54) is 93.8 Å². The fourth-order valence-corrected chi connectivity index (χ4v) is 10.9. The summed E-state index contributed by atoms with van der Waals surface area (Å²) in [5, 5.41) is 32.1. The second-order valence-electron chi connectivity index (χ2n) is 26.4. The van der Waals surface area contributed by atoms with Crippen LogP contribution in [0.4, 0.5) is 0 Å². The van der Waals surface area contributed by atoms with E-state index in [4.69, 9.17) is 9.84 Å². The van der Waals surface area contributed by atoms with Gasteiger partial charge in [-0.05, 0) is 87.4 Å². The van der Waals surface area contributed by atoms with Gasteiger partial charge in [-0.1, -0.05) is 109 Å². The number of allylic oxidation sites excluding steroid dienone is 1. The minimum absolute atomic E-state index is 0.0325. The number of nitrogens with one attached hydrogen (secondary N) is 4. The molecule has 0 bridgehead atoms. The van der Waals surface area contributed by atoms with Gasteiger partial charge in [-0.3, -0.25) is 52.7 Å². The molecule has 89 heavy (non-hydrogen) atoms. The Morgan fingerprint density at radius 1 is 0.506 bits per heavy atom. The number of hydrogen-bond donors (Lipinski definition) is 6. The van der Waals surface area contributed by atoms with Gasteiger partial charge >= 0.3 is 5.97 Å². The number of nitrogens with zero attached hydrogens (tertiary/aromatic N) is 7. The Kier molecular flexibility index (Phi) is 33.2. The van der Waals surface area contributed by atoms with Crippen molar-refractivity contribution in [2.45, 2.75) is 209 Å². The van der Waals surface area contributed by atoms with Crippen molar-refractivity contribution in [3.05, 3.63) is 12.2 Å². The predicted molar refractivity (Wildman–Crippen MR) is 337 cm³/mol. The average Bonchev–Trinajstić information content (AvgIpc) is 0.983. The molecule has 1 aliphatic rings. The molecule has 3 unspecified atom stereocenters. The number of carbonyl (C=O) groups excluding carboxylic acids is 11. The number of hydrogen-bond acceptors (Lipinski definition) is 14. The van der Waals surface area contributed by atoms with Crippen molar-refractivity contribution < 1.29 is 72.5 Å². The van der Waals surface area contributed by atoms with E-state index in [0.29, 0.717) is 0 Å². The first kappa shape index (κ1) is 80.3. The lowest BCUT2D eigenvalue weighted by atomic mass is 9.91. The molecule has 0 spiro atoms. The molecular formula is C63H111N11O15. The first-order chi connectivity index (χ1) is 41.1. The molecule has 0 radical (unpaired) electrons. The summed E-state index contributed by atoms with van der Waals surface area (Å²) in [6.45, 7) is 26.1. The van der Waals surface area contributed by atoms with Gasteiger partial charge in [0.05, 0.1) is 19.3 Å². The summed E-state index contributed by atoms with van der Waals surface area (Å²) in [5.41, 5.74) is 0. The number of aliphatic hydroxyl groups excluding tert-OH is 1. The number of amides is 11. The van der Waals surface area contributed by atoms with Crippen LogP contribution in [-0.2, 0) is 62.3 Å². The SMILES string of the molecule is CC[C@@H]1NC(=O)C([C@H](O)[C@H](C)C/C=C/COCC(=O)O)N(C)C(=O)C(C(C)C)N(C)C(=O)[C@H](CC(C)C)N(C)C(=O)C(C(C)C)N(C)C(=O)[C@H](C)NC(=O)[C@H](C)NC(=O)[C@H](CC(C)C)N(C)C(=O)[C@H](C(C)C)NC(=O)[C@H](CC(C)C)N(C)C(=O)CN(C)C1=O. The Labute approximate surface area is 529 Å². The number of aliphatic hydroxyl groups is 1. The molecule has 0 saturated carbocycles. The number of rotatable bonds is 18. The first-order valence-electron chi connectivity index (χ1n) is 31.3. The molecule has 1 rings (SSSR count). The van der Waals surface area contributed by atoms with Crippen molar-refractivity contribution in [1.82, 2.24) is 55.6 Å². The Morgan fingerprint density at radius 3 is 1.42 bits per heavy atom. The van der Waals surface area contributed by atoms with E-state index in [1.54, 1.807) is 61.5 Å². The molecule has 26 heteroatoms. The van der Waals surface area contributed by atoms with Crippen LogP contribution in [0.5, 0.6) is 0 Å². The van der Waals surface area contributed by atoms with Gasteiger partial charge in [0.1, 0.15) is 67.0 Å². The standard InChI is InChI=1S/C63H111N11O15/c1-24-43-59(84)68(17)32-47(75)69(18)44(29-34(2)3)56(81)67-49(37(8)9)61(86)70(19)45(30-35(4)5)55(80)64-41(15)54(79)65-42(16)58(83)72(21)50(38(10)11)62(87)71(20)46(31-36(6)7)60(85)73(22)51(39(12)13)63(88)74(23)52(57(82)66-43)53(78)40(14)27-25-26-28-89-33-48(76)77/h25-26,34-46,49-53,78H,24,27-33H2,1-23H3,(H,64,80)(H,65,79)(H,66,82)(H,67,81)(H,76,77)/b26-25+/t40-,41+,42+,43+,44+,45+,46+,49+,50?,51?,52?,53-/m1/s1. The topological polar surface area (TPSA) is 325 Å². The molecule has 6 N–H and O–H groups in total. The third-order valence-electron chi connectivity index (χ3n) is 16.3. The molecule has 0 aromatic rings. The summed E-state index contributed by atoms with van der Waals surface area (Å²) in [7, 11) is 9.67. The lowest BCUT2D eigenvalue weighted by molar-refractivity contribution is -0.158. The van der Waals surface area contributed by atoms with Crippen LogP contribution in [0.3, 0.4) is 0 Å². The molecule has 12 atom stereocenters. The summed E-state index contributed by atoms with van der Waals surface area (Å²) in [6.07, 6.45) is 1.95. The van der Waals surface area contributed by atoms with E-state index in [0.717, 1.165) is 9.80 Å². The van der Waals surface area contributed by atoms with Crippen LogP contribution in [0.15, 0.2) is 12.2 Å². The Hall–Kier alpha value is -6.70. The molecule has 0 aliphatic carbocycles. The second-order valence-corrected chi connectivity index (χ2v) is 26.4. The molecule has 508 valence electrons. The van der Waals surface area contributed by atoms with Crippen LogP contribution in [0, 0.1) is 41.4 Å². The fourth-order valence-electron chi connectivity index (χ4n) is 10.9. The van der Waals surface area contributed by atoms with Crippen molar-refractivity contribution in [3.63, 3.8) is 0 Å². The van der Waals surface area contributed by atoms with Crippen molar-refractivity contribution in [2.75, 3.05) is 69.1 Å². The molecule has 0 aromatic heterocycles. The normalized spacial score (nSPS) is 26.2. The zero-order valence-corrected chi connectivity index (χ0v) is 57.5. The molecular weight excluding hydrogens is 1150 g/mol. The molecule has 11 amide bonds. The highest BCUT2D eigenvalue weighted by Gasteiger charge is 2.46. The van der Waals surface area contributed by atoms with Crippen LogP contribution in [0.2, 0.25) is 0 Å². The first-order valence-corrected chi connectivity index (χ1v) is 31.3. The molecule has 1 aliphatic heterocycles. The number of carboxylic acids is 1. The maximum atomic E-state index is 15.2. The Balaban J connectivity index is 4.32. The van der Waals surface area contributed by atoms with E-state index >= 15 is 9.59 Å². The van der Waals surface area contributed by atoms with E-state index < -0.39 is 174 Å². The number of ether oxygens (including phenoxy) is 1. The quantitative estimate of drug-likeness (QED) is 0.0844. The summed E-state index contributed by atoms with van der Waals surface area (Å²) < 4.78 is 5.10. The van der Waals surface area contributed by atoms with E-state index in [1.807, 2.05) is 41.5 Å². The number of carboxylic acid groups (broad SMARTS) is 1. The van der Waals surface area contributed by atoms with Crippen LogP contribution >= 0.6 is 0 Å². The minimum atomic E-state index is -1.72. The van der Waals surface area contributed by atoms with Gasteiger partial charge in [-0.2, -0.15) is 0 Å². The van der Waals surface area contributed by atoms with Crippen LogP contribution in [0.1, 0.15) is 143 Å². The smallest absolute Gasteiger partial charge is 0.329 e. The Bertz CT molecular complexity index is 2470. The third kappa shape index (κ3) is 23.2. The average molecular weight is 1260 g/mol. The lowest BCUT2D eigenvalue weighted by Gasteiger charge is -2.42. The van der Waals surface area contributed by atoms with Crippen molar-refractivity contribution in [2.24, 2.45) is 41.4 Å². The Morgan fingerprint density at radius 2 is 0.944 bits per heavy atom. The number of carbonyl (C=O) groups is 12. The summed E-state index contributed by atoms with van der Waals surface area (Å²) >= 11 is 0. The molecule has 1 heterocycles. The van der Waals surface area contributed by atoms with Crippen molar-refractivity contribution >= 4 is 70.9 Å². The van der Waals surface area contributed by atoms with Crippen molar-refractivity contribution in [1.29, 1.82) is 0 Å². The van der Waals surface area contributed by atoms with Crippen molar-refractivity contribution in [3.8, 4) is 0 Å². The summed E-state index contributed by atoms with van der Waals surface area (Å²) in [4.78, 5) is 179. The van der Waals surface area contributed by atoms with Crippen LogP contribution in [-0.4, -0.2) is 251 Å². The molecule has 26 nitrogen and oxygen atoms in total. The van der Waals surface area contributed by atoms with Gasteiger partial charge in [-0.15, -0.1) is 0 Å².